The number of hydrogen-bond donors (Lipinski definition) is 1. The lowest BCUT2D eigenvalue weighted by Crippen LogP contribution is -2.21. The molecule has 1 heterocycles. The third kappa shape index (κ3) is 3.61. The second-order valence-corrected chi connectivity index (χ2v) is 4.63. The molecule has 0 fully saturated rings. The summed E-state index contributed by atoms with van der Waals surface area (Å²) in [6.45, 7) is 3.42. The molecule has 0 saturated carbocycles. The average molecular weight is 262 g/mol. The first-order valence-electron chi connectivity index (χ1n) is 6.54. The molecule has 0 aliphatic carbocycles. The molecule has 0 aliphatic heterocycles. The van der Waals surface area contributed by atoms with E-state index in [1.807, 2.05) is 23.7 Å². The minimum absolute atomic E-state index is 0.209. The molecule has 2 rings (SSSR count). The van der Waals surface area contributed by atoms with Gasteiger partial charge in [0, 0.05) is 13.0 Å². The maximum Gasteiger partial charge on any atom is 0.138 e. The highest BCUT2D eigenvalue weighted by molar-refractivity contribution is 5.17. The monoisotopic (exact) mass is 262 g/mol. The lowest BCUT2D eigenvalue weighted by Gasteiger charge is -2.14. The second kappa shape index (κ2) is 6.43. The summed E-state index contributed by atoms with van der Waals surface area (Å²) in [5, 5.41) is 4.16. The van der Waals surface area contributed by atoms with Crippen molar-refractivity contribution in [3.8, 4) is 0 Å². The third-order valence-corrected chi connectivity index (χ3v) is 3.24. The highest BCUT2D eigenvalue weighted by atomic mass is 19.1. The molecule has 0 aliphatic rings. The maximum absolute atomic E-state index is 12.9. The van der Waals surface area contributed by atoms with Crippen molar-refractivity contribution in [2.45, 2.75) is 26.3 Å². The third-order valence-electron chi connectivity index (χ3n) is 3.24. The van der Waals surface area contributed by atoms with Gasteiger partial charge in [-0.25, -0.2) is 9.37 Å². The molecular formula is C14H19FN4. The van der Waals surface area contributed by atoms with Gasteiger partial charge in [0.2, 0.25) is 0 Å². The van der Waals surface area contributed by atoms with E-state index in [1.165, 1.54) is 12.1 Å². The number of halogens is 1. The Morgan fingerprint density at radius 1 is 1.26 bits per heavy atom. The predicted molar refractivity (Wildman–Crippen MR) is 72.0 cm³/mol. The molecule has 1 aromatic heterocycles. The second-order valence-electron chi connectivity index (χ2n) is 4.63. The van der Waals surface area contributed by atoms with Gasteiger partial charge in [0.15, 0.2) is 0 Å². The predicted octanol–water partition coefficient (Wildman–Crippen LogP) is 1.80. The number of rotatable bonds is 6. The van der Waals surface area contributed by atoms with Gasteiger partial charge in [-0.1, -0.05) is 12.1 Å². The summed E-state index contributed by atoms with van der Waals surface area (Å²) >= 11 is 0. The van der Waals surface area contributed by atoms with Crippen LogP contribution in [0.15, 0.2) is 30.6 Å². The van der Waals surface area contributed by atoms with E-state index in [4.69, 9.17) is 5.73 Å². The van der Waals surface area contributed by atoms with Crippen LogP contribution in [0.1, 0.15) is 18.3 Å². The minimum Gasteiger partial charge on any atom is -0.330 e. The van der Waals surface area contributed by atoms with Gasteiger partial charge in [0.1, 0.15) is 18.0 Å². The van der Waals surface area contributed by atoms with Crippen LogP contribution in [0.2, 0.25) is 0 Å². The van der Waals surface area contributed by atoms with Gasteiger partial charge in [-0.3, -0.25) is 4.68 Å². The molecule has 5 heteroatoms. The number of nitrogens with two attached hydrogens (primary N) is 1. The average Bonchev–Trinajstić information content (AvgIpc) is 2.87. The topological polar surface area (TPSA) is 56.7 Å². The number of benzene rings is 1. The molecule has 0 amide bonds. The largest absolute Gasteiger partial charge is 0.330 e. The van der Waals surface area contributed by atoms with Crippen LogP contribution in [0.4, 0.5) is 4.39 Å². The highest BCUT2D eigenvalue weighted by Gasteiger charge is 2.13. The molecule has 0 saturated heterocycles. The number of aryl methyl sites for hydroxylation is 1. The van der Waals surface area contributed by atoms with E-state index >= 15 is 0 Å². The summed E-state index contributed by atoms with van der Waals surface area (Å²) in [7, 11) is 0. The van der Waals surface area contributed by atoms with Crippen molar-refractivity contribution in [3.05, 3.63) is 47.8 Å². The van der Waals surface area contributed by atoms with Crippen molar-refractivity contribution in [2.75, 3.05) is 6.54 Å². The summed E-state index contributed by atoms with van der Waals surface area (Å²) in [5.74, 6) is 1.04. The summed E-state index contributed by atoms with van der Waals surface area (Å²) < 4.78 is 14.7. The Kier molecular flexibility index (Phi) is 4.63. The van der Waals surface area contributed by atoms with Gasteiger partial charge < -0.3 is 5.73 Å². The number of nitrogens with zero attached hydrogens (tertiary/aromatic N) is 3. The summed E-state index contributed by atoms with van der Waals surface area (Å²) in [6, 6.07) is 6.58. The van der Waals surface area contributed by atoms with Crippen LogP contribution in [0, 0.1) is 11.7 Å². The van der Waals surface area contributed by atoms with E-state index in [2.05, 4.69) is 10.1 Å². The molecule has 0 bridgehead atoms. The van der Waals surface area contributed by atoms with Crippen LogP contribution in [-0.4, -0.2) is 21.3 Å². The summed E-state index contributed by atoms with van der Waals surface area (Å²) in [6.07, 6.45) is 3.19. The van der Waals surface area contributed by atoms with Crippen molar-refractivity contribution in [1.29, 1.82) is 0 Å². The SMILES string of the molecule is CCn1ncnc1CC(CN)Cc1ccc(F)cc1. The van der Waals surface area contributed by atoms with Crippen LogP contribution < -0.4 is 5.73 Å². The molecule has 1 atom stereocenters. The fourth-order valence-electron chi connectivity index (χ4n) is 2.16. The smallest absolute Gasteiger partial charge is 0.138 e. The first-order valence-corrected chi connectivity index (χ1v) is 6.54. The Labute approximate surface area is 112 Å². The lowest BCUT2D eigenvalue weighted by atomic mass is 9.96. The fourth-order valence-corrected chi connectivity index (χ4v) is 2.16. The molecule has 19 heavy (non-hydrogen) atoms. The van der Waals surface area contributed by atoms with E-state index in [-0.39, 0.29) is 5.82 Å². The highest BCUT2D eigenvalue weighted by Crippen LogP contribution is 2.13. The van der Waals surface area contributed by atoms with Crippen molar-refractivity contribution >= 4 is 0 Å². The van der Waals surface area contributed by atoms with Crippen molar-refractivity contribution in [3.63, 3.8) is 0 Å². The minimum atomic E-state index is -0.209. The van der Waals surface area contributed by atoms with Crippen molar-refractivity contribution < 1.29 is 4.39 Å². The molecule has 4 nitrogen and oxygen atoms in total. The van der Waals surface area contributed by atoms with Crippen molar-refractivity contribution in [1.82, 2.24) is 14.8 Å². The summed E-state index contributed by atoms with van der Waals surface area (Å²) in [5.41, 5.74) is 6.92. The van der Waals surface area contributed by atoms with Crippen LogP contribution in [-0.2, 0) is 19.4 Å². The zero-order valence-electron chi connectivity index (χ0n) is 11.1. The molecule has 2 N–H and O–H groups in total. The van der Waals surface area contributed by atoms with Gasteiger partial charge >= 0.3 is 0 Å². The lowest BCUT2D eigenvalue weighted by molar-refractivity contribution is 0.491. The maximum atomic E-state index is 12.9. The molecule has 1 aromatic carbocycles. The van der Waals surface area contributed by atoms with Crippen LogP contribution >= 0.6 is 0 Å². The molecule has 0 spiro atoms. The zero-order chi connectivity index (χ0) is 13.7. The molecule has 2 aromatic rings. The van der Waals surface area contributed by atoms with Gasteiger partial charge in [-0.2, -0.15) is 5.10 Å². The molecular weight excluding hydrogens is 243 g/mol. The normalized spacial score (nSPS) is 12.6. The Hall–Kier alpha value is -1.75. The van der Waals surface area contributed by atoms with Crippen molar-refractivity contribution in [2.24, 2.45) is 11.7 Å². The summed E-state index contributed by atoms with van der Waals surface area (Å²) in [4.78, 5) is 4.27. The van der Waals surface area contributed by atoms with Crippen LogP contribution in [0.5, 0.6) is 0 Å². The first kappa shape index (κ1) is 13.7. The molecule has 0 radical (unpaired) electrons. The van der Waals surface area contributed by atoms with E-state index in [0.29, 0.717) is 12.5 Å². The molecule has 1 unspecified atom stereocenters. The molecule has 102 valence electrons. The number of hydrogen-bond acceptors (Lipinski definition) is 3. The Morgan fingerprint density at radius 3 is 2.63 bits per heavy atom. The standard InChI is InChI=1S/C14H19FN4/c1-2-19-14(17-10-18-19)8-12(9-16)7-11-3-5-13(15)6-4-11/h3-6,10,12H,2,7-9,16H2,1H3. The van der Waals surface area contributed by atoms with Gasteiger partial charge in [-0.05, 0) is 43.5 Å². The van der Waals surface area contributed by atoms with Crippen LogP contribution in [0.25, 0.3) is 0 Å². The van der Waals surface area contributed by atoms with Crippen LogP contribution in [0.3, 0.4) is 0 Å². The zero-order valence-corrected chi connectivity index (χ0v) is 11.1. The first-order chi connectivity index (χ1) is 9.22. The Morgan fingerprint density at radius 2 is 2.00 bits per heavy atom. The van der Waals surface area contributed by atoms with Gasteiger partial charge in [0.05, 0.1) is 0 Å². The van der Waals surface area contributed by atoms with E-state index in [1.54, 1.807) is 6.33 Å². The fraction of sp³-hybridized carbons (Fsp3) is 0.429. The Bertz CT molecular complexity index is 506. The van der Waals surface area contributed by atoms with E-state index < -0.39 is 0 Å². The quantitative estimate of drug-likeness (QED) is 0.863. The van der Waals surface area contributed by atoms with E-state index in [9.17, 15) is 4.39 Å². The number of aromatic nitrogens is 3. The van der Waals surface area contributed by atoms with Gasteiger partial charge in [-0.15, -0.1) is 0 Å². The van der Waals surface area contributed by atoms with Gasteiger partial charge in [0.25, 0.3) is 0 Å². The van der Waals surface area contributed by atoms with E-state index in [0.717, 1.165) is 30.8 Å². The Balaban J connectivity index is 2.02.